The molecule has 0 saturated carbocycles. The topological polar surface area (TPSA) is 76.1 Å². The molecular weight excluding hydrogens is 454 g/mol. The smallest absolute Gasteiger partial charge is 0.295 e. The number of fused-ring (bicyclic) bond motifs is 1. The van der Waals surface area contributed by atoms with Crippen LogP contribution in [0.25, 0.3) is 5.76 Å². The molecule has 1 atom stereocenters. The van der Waals surface area contributed by atoms with E-state index in [1.165, 1.54) is 0 Å². The van der Waals surface area contributed by atoms with E-state index in [2.05, 4.69) is 13.8 Å². The molecule has 1 saturated heterocycles. The molecule has 36 heavy (non-hydrogen) atoms. The van der Waals surface area contributed by atoms with Crippen molar-refractivity contribution in [1.82, 2.24) is 4.90 Å². The van der Waals surface area contributed by atoms with E-state index in [1.54, 1.807) is 23.1 Å². The van der Waals surface area contributed by atoms with Crippen molar-refractivity contribution in [2.45, 2.75) is 32.2 Å². The van der Waals surface area contributed by atoms with Crippen LogP contribution in [0.3, 0.4) is 0 Å². The van der Waals surface area contributed by atoms with Gasteiger partial charge in [-0.05, 0) is 47.2 Å². The summed E-state index contributed by atoms with van der Waals surface area (Å²) in [5.74, 6) is -0.0774. The summed E-state index contributed by atoms with van der Waals surface area (Å²) in [7, 11) is 0. The molecular formula is C30H29NO5. The number of ketones is 1. The second-order valence-electron chi connectivity index (χ2n) is 9.41. The van der Waals surface area contributed by atoms with Gasteiger partial charge < -0.3 is 19.5 Å². The molecule has 2 aliphatic rings. The van der Waals surface area contributed by atoms with E-state index in [0.29, 0.717) is 49.2 Å². The van der Waals surface area contributed by atoms with Crippen LogP contribution in [0.5, 0.6) is 11.5 Å². The first-order chi connectivity index (χ1) is 17.4. The van der Waals surface area contributed by atoms with Crippen molar-refractivity contribution in [3.8, 4) is 11.5 Å². The Kier molecular flexibility index (Phi) is 6.51. The molecule has 6 heteroatoms. The molecule has 0 aromatic heterocycles. The molecule has 5 rings (SSSR count). The fourth-order valence-electron chi connectivity index (χ4n) is 4.76. The molecule has 1 N–H and O–H groups in total. The highest BCUT2D eigenvalue weighted by atomic mass is 16.6. The second kappa shape index (κ2) is 9.90. The van der Waals surface area contributed by atoms with Gasteiger partial charge in [0.2, 0.25) is 0 Å². The van der Waals surface area contributed by atoms with Crippen molar-refractivity contribution in [2.75, 3.05) is 19.8 Å². The summed E-state index contributed by atoms with van der Waals surface area (Å²) in [6, 6.07) is 22.1. The van der Waals surface area contributed by atoms with E-state index in [1.807, 2.05) is 54.6 Å². The summed E-state index contributed by atoms with van der Waals surface area (Å²) in [6.45, 7) is 5.44. The van der Waals surface area contributed by atoms with Crippen LogP contribution < -0.4 is 9.47 Å². The molecule has 0 aliphatic carbocycles. The molecule has 2 heterocycles. The lowest BCUT2D eigenvalue weighted by molar-refractivity contribution is -0.139. The monoisotopic (exact) mass is 483 g/mol. The number of Topliss-reactive ketones (excluding diaryl/α,β-unsaturated/α-hetero) is 1. The highest BCUT2D eigenvalue weighted by Crippen LogP contribution is 2.41. The van der Waals surface area contributed by atoms with Crippen LogP contribution >= 0.6 is 0 Å². The van der Waals surface area contributed by atoms with E-state index in [-0.39, 0.29) is 11.3 Å². The summed E-state index contributed by atoms with van der Waals surface area (Å²) in [4.78, 5) is 28.1. The summed E-state index contributed by atoms with van der Waals surface area (Å²) < 4.78 is 11.2. The minimum absolute atomic E-state index is 0.0852. The van der Waals surface area contributed by atoms with Crippen LogP contribution in [0.2, 0.25) is 0 Å². The van der Waals surface area contributed by atoms with Gasteiger partial charge in [0, 0.05) is 12.1 Å². The van der Waals surface area contributed by atoms with E-state index in [9.17, 15) is 14.7 Å². The number of amides is 1. The minimum Gasteiger partial charge on any atom is -0.507 e. The van der Waals surface area contributed by atoms with Crippen molar-refractivity contribution >= 4 is 17.4 Å². The van der Waals surface area contributed by atoms with Gasteiger partial charge in [0.15, 0.2) is 11.5 Å². The zero-order chi connectivity index (χ0) is 25.2. The van der Waals surface area contributed by atoms with Crippen LogP contribution in [-0.2, 0) is 16.0 Å². The molecule has 3 aromatic carbocycles. The number of hydrogen-bond acceptors (Lipinski definition) is 5. The average Bonchev–Trinajstić information content (AvgIpc) is 3.16. The third-order valence-corrected chi connectivity index (χ3v) is 6.76. The lowest BCUT2D eigenvalue weighted by Crippen LogP contribution is -2.31. The number of likely N-dealkylation sites (tertiary alicyclic amines) is 1. The van der Waals surface area contributed by atoms with Crippen LogP contribution in [0.1, 0.15) is 48.1 Å². The predicted molar refractivity (Wildman–Crippen MR) is 137 cm³/mol. The Balaban J connectivity index is 1.57. The van der Waals surface area contributed by atoms with Gasteiger partial charge in [-0.15, -0.1) is 0 Å². The normalized spacial score (nSPS) is 18.6. The maximum Gasteiger partial charge on any atom is 0.295 e. The largest absolute Gasteiger partial charge is 0.507 e. The second-order valence-corrected chi connectivity index (χ2v) is 9.41. The fraction of sp³-hybridized carbons (Fsp3) is 0.267. The van der Waals surface area contributed by atoms with Gasteiger partial charge >= 0.3 is 0 Å². The van der Waals surface area contributed by atoms with Gasteiger partial charge in [0.25, 0.3) is 11.7 Å². The Labute approximate surface area is 210 Å². The van der Waals surface area contributed by atoms with E-state index >= 15 is 0 Å². The summed E-state index contributed by atoms with van der Waals surface area (Å²) in [5.41, 5.74) is 3.50. The Hall–Kier alpha value is -4.06. The standard InChI is InChI=1S/C30H29NO5/c1-19(2)21-8-10-22(11-9-21)27-26(28(32)23-12-13-24-25(18-23)36-17-16-35-24)29(33)30(34)31(27)15-14-20-6-4-3-5-7-20/h3-13,18-19,27,32H,14-17H2,1-2H3/b28-26-. The van der Waals surface area contributed by atoms with Crippen molar-refractivity contribution in [1.29, 1.82) is 0 Å². The first kappa shape index (κ1) is 23.7. The third kappa shape index (κ3) is 4.47. The molecule has 2 aliphatic heterocycles. The van der Waals surface area contributed by atoms with Gasteiger partial charge in [-0.3, -0.25) is 9.59 Å². The molecule has 184 valence electrons. The van der Waals surface area contributed by atoms with Crippen LogP contribution in [-0.4, -0.2) is 41.5 Å². The number of ether oxygens (including phenoxy) is 2. The van der Waals surface area contributed by atoms with Crippen molar-refractivity contribution in [3.05, 3.63) is 101 Å². The molecule has 1 amide bonds. The number of benzene rings is 3. The first-order valence-electron chi connectivity index (χ1n) is 12.3. The van der Waals surface area contributed by atoms with Gasteiger partial charge in [-0.1, -0.05) is 68.4 Å². The number of aliphatic hydroxyl groups excluding tert-OH is 1. The van der Waals surface area contributed by atoms with Crippen molar-refractivity contribution in [3.63, 3.8) is 0 Å². The highest BCUT2D eigenvalue weighted by molar-refractivity contribution is 6.46. The zero-order valence-corrected chi connectivity index (χ0v) is 20.4. The van der Waals surface area contributed by atoms with Crippen molar-refractivity contribution in [2.24, 2.45) is 0 Å². The summed E-state index contributed by atoms with van der Waals surface area (Å²) in [5, 5.41) is 11.4. The van der Waals surface area contributed by atoms with Crippen LogP contribution in [0.4, 0.5) is 0 Å². The minimum atomic E-state index is -0.692. The molecule has 0 radical (unpaired) electrons. The summed E-state index contributed by atoms with van der Waals surface area (Å²) in [6.07, 6.45) is 0.596. The van der Waals surface area contributed by atoms with E-state index < -0.39 is 17.7 Å². The maximum absolute atomic E-state index is 13.3. The number of aliphatic hydroxyl groups is 1. The third-order valence-electron chi connectivity index (χ3n) is 6.76. The maximum atomic E-state index is 13.3. The number of carbonyl (C=O) groups is 2. The van der Waals surface area contributed by atoms with E-state index in [4.69, 9.17) is 9.47 Å². The van der Waals surface area contributed by atoms with Crippen LogP contribution in [0, 0.1) is 0 Å². The van der Waals surface area contributed by atoms with Gasteiger partial charge in [0.1, 0.15) is 19.0 Å². The molecule has 1 unspecified atom stereocenters. The SMILES string of the molecule is CC(C)c1ccc(C2/C(=C(/O)c3ccc4c(c3)OCCO4)C(=O)C(=O)N2CCc2ccccc2)cc1. The Bertz CT molecular complexity index is 1310. The van der Waals surface area contributed by atoms with Gasteiger partial charge in [-0.25, -0.2) is 0 Å². The molecule has 1 fully saturated rings. The molecule has 3 aromatic rings. The average molecular weight is 484 g/mol. The lowest BCUT2D eigenvalue weighted by atomic mass is 9.93. The van der Waals surface area contributed by atoms with Crippen LogP contribution in [0.15, 0.2) is 78.4 Å². The first-order valence-corrected chi connectivity index (χ1v) is 12.3. The predicted octanol–water partition coefficient (Wildman–Crippen LogP) is 5.25. The molecule has 0 bridgehead atoms. The number of carbonyl (C=O) groups excluding carboxylic acids is 2. The number of hydrogen-bond donors (Lipinski definition) is 1. The Morgan fingerprint density at radius 2 is 1.64 bits per heavy atom. The molecule has 0 spiro atoms. The van der Waals surface area contributed by atoms with Gasteiger partial charge in [0.05, 0.1) is 11.6 Å². The van der Waals surface area contributed by atoms with Gasteiger partial charge in [-0.2, -0.15) is 0 Å². The van der Waals surface area contributed by atoms with Crippen molar-refractivity contribution < 1.29 is 24.2 Å². The zero-order valence-electron chi connectivity index (χ0n) is 20.4. The fourth-order valence-corrected chi connectivity index (χ4v) is 4.76. The van der Waals surface area contributed by atoms with E-state index in [0.717, 1.165) is 16.7 Å². The molecule has 6 nitrogen and oxygen atoms in total. The highest BCUT2D eigenvalue weighted by Gasteiger charge is 2.45. The quantitative estimate of drug-likeness (QED) is 0.295. The Morgan fingerprint density at radius 3 is 2.33 bits per heavy atom. The Morgan fingerprint density at radius 1 is 0.944 bits per heavy atom. The summed E-state index contributed by atoms with van der Waals surface area (Å²) >= 11 is 0. The lowest BCUT2D eigenvalue weighted by Gasteiger charge is -2.26. The number of nitrogens with zero attached hydrogens (tertiary/aromatic N) is 1. The number of rotatable bonds is 6.